The van der Waals surface area contributed by atoms with Gasteiger partial charge in [-0.1, -0.05) is 17.7 Å². The second-order valence-corrected chi connectivity index (χ2v) is 9.58. The van der Waals surface area contributed by atoms with Crippen molar-refractivity contribution in [2.45, 2.75) is 59.0 Å². The lowest BCUT2D eigenvalue weighted by Gasteiger charge is -2.42. The third-order valence-corrected chi connectivity index (χ3v) is 6.42. The molecular formula is C21H27N3O2S. The van der Waals surface area contributed by atoms with Crippen LogP contribution in [0.2, 0.25) is 0 Å². The minimum absolute atomic E-state index is 0.170. The smallest absolute Gasteiger partial charge is 0.256 e. The first-order valence-electron chi connectivity index (χ1n) is 9.05. The molecule has 2 aromatic rings. The number of hydrogen-bond donors (Lipinski definition) is 3. The predicted octanol–water partition coefficient (Wildman–Crippen LogP) is 3.88. The molecule has 5 nitrogen and oxygen atoms in total. The molecule has 2 heterocycles. The largest absolute Gasteiger partial charge is 0.365 e. The van der Waals surface area contributed by atoms with Gasteiger partial charge < -0.3 is 16.4 Å². The van der Waals surface area contributed by atoms with Crippen molar-refractivity contribution in [1.82, 2.24) is 5.32 Å². The van der Waals surface area contributed by atoms with E-state index in [1.54, 1.807) is 0 Å². The van der Waals surface area contributed by atoms with Crippen molar-refractivity contribution in [2.24, 2.45) is 5.73 Å². The summed E-state index contributed by atoms with van der Waals surface area (Å²) in [6.07, 6.45) is 0.681. The minimum Gasteiger partial charge on any atom is -0.365 e. The van der Waals surface area contributed by atoms with E-state index in [0.717, 1.165) is 21.6 Å². The number of thiophene rings is 1. The Morgan fingerprint density at radius 3 is 2.44 bits per heavy atom. The number of rotatable bonds is 3. The average Bonchev–Trinajstić information content (AvgIpc) is 2.83. The maximum atomic E-state index is 12.9. The number of nitrogens with one attached hydrogen (secondary N) is 2. The van der Waals surface area contributed by atoms with Gasteiger partial charge >= 0.3 is 0 Å². The van der Waals surface area contributed by atoms with Crippen molar-refractivity contribution in [2.75, 3.05) is 5.32 Å². The molecule has 1 aromatic carbocycles. The number of nitrogens with two attached hydrogens (primary N) is 1. The molecule has 0 atom stereocenters. The summed E-state index contributed by atoms with van der Waals surface area (Å²) in [7, 11) is 0. The van der Waals surface area contributed by atoms with Crippen LogP contribution in [0.25, 0.3) is 0 Å². The van der Waals surface area contributed by atoms with Gasteiger partial charge in [0.05, 0.1) is 5.56 Å². The molecule has 0 saturated heterocycles. The Kier molecular flexibility index (Phi) is 4.68. The van der Waals surface area contributed by atoms with Crippen LogP contribution >= 0.6 is 11.3 Å². The zero-order valence-corrected chi connectivity index (χ0v) is 17.6. The molecule has 0 saturated carbocycles. The van der Waals surface area contributed by atoms with Gasteiger partial charge in [-0.3, -0.25) is 9.59 Å². The molecule has 0 radical (unpaired) electrons. The summed E-state index contributed by atoms with van der Waals surface area (Å²) < 4.78 is 0. The predicted molar refractivity (Wildman–Crippen MR) is 111 cm³/mol. The van der Waals surface area contributed by atoms with E-state index in [-0.39, 0.29) is 17.0 Å². The van der Waals surface area contributed by atoms with Gasteiger partial charge in [-0.05, 0) is 65.2 Å². The average molecular weight is 386 g/mol. The fraction of sp³-hybridized carbons (Fsp3) is 0.429. The zero-order chi connectivity index (χ0) is 20.1. The minimum atomic E-state index is -0.503. The van der Waals surface area contributed by atoms with E-state index in [9.17, 15) is 9.59 Å². The number of carbonyl (C=O) groups excluding carboxylic acids is 2. The second kappa shape index (κ2) is 6.46. The highest BCUT2D eigenvalue weighted by atomic mass is 32.1. The van der Waals surface area contributed by atoms with Crippen molar-refractivity contribution < 1.29 is 9.59 Å². The van der Waals surface area contributed by atoms with E-state index in [1.807, 2.05) is 32.0 Å². The molecule has 6 heteroatoms. The SMILES string of the molecule is Cc1ccc(C(=O)Nc2sc3c(c2C(N)=O)CC(C)(C)NC3(C)C)c(C)c1. The Bertz CT molecular complexity index is 941. The monoisotopic (exact) mass is 385 g/mol. The van der Waals surface area contributed by atoms with Crippen LogP contribution in [0, 0.1) is 13.8 Å². The Balaban J connectivity index is 2.06. The first-order chi connectivity index (χ1) is 12.4. The summed E-state index contributed by atoms with van der Waals surface area (Å²) in [6, 6.07) is 5.69. The highest BCUT2D eigenvalue weighted by Gasteiger charge is 2.41. The lowest BCUT2D eigenvalue weighted by molar-refractivity contribution is 0.0999. The summed E-state index contributed by atoms with van der Waals surface area (Å²) in [5.41, 5.74) is 9.22. The van der Waals surface area contributed by atoms with Gasteiger partial charge in [-0.15, -0.1) is 11.3 Å². The Hall–Kier alpha value is -2.18. The topological polar surface area (TPSA) is 84.2 Å². The van der Waals surface area contributed by atoms with Crippen molar-refractivity contribution in [3.8, 4) is 0 Å². The van der Waals surface area contributed by atoms with Crippen LogP contribution in [0.4, 0.5) is 5.00 Å². The van der Waals surface area contributed by atoms with Crippen LogP contribution in [0.1, 0.15) is 70.0 Å². The Morgan fingerprint density at radius 1 is 1.19 bits per heavy atom. The fourth-order valence-corrected chi connectivity index (χ4v) is 5.39. The normalized spacial score (nSPS) is 17.3. The summed E-state index contributed by atoms with van der Waals surface area (Å²) in [5, 5.41) is 7.09. The van der Waals surface area contributed by atoms with Crippen molar-refractivity contribution >= 4 is 28.2 Å². The number of anilines is 1. The molecule has 0 fully saturated rings. The number of aryl methyl sites for hydroxylation is 2. The second-order valence-electron chi connectivity index (χ2n) is 8.56. The molecule has 3 rings (SSSR count). The van der Waals surface area contributed by atoms with E-state index in [0.29, 0.717) is 22.5 Å². The molecule has 144 valence electrons. The van der Waals surface area contributed by atoms with Crippen molar-refractivity contribution in [1.29, 1.82) is 0 Å². The lowest BCUT2D eigenvalue weighted by Crippen LogP contribution is -2.55. The Labute approximate surface area is 164 Å². The molecule has 1 aromatic heterocycles. The van der Waals surface area contributed by atoms with Crippen LogP contribution in [-0.4, -0.2) is 17.4 Å². The molecule has 2 amide bonds. The van der Waals surface area contributed by atoms with Gasteiger partial charge in [0.25, 0.3) is 11.8 Å². The summed E-state index contributed by atoms with van der Waals surface area (Å²) in [6.45, 7) is 12.3. The lowest BCUT2D eigenvalue weighted by atomic mass is 9.81. The van der Waals surface area contributed by atoms with E-state index < -0.39 is 5.91 Å². The molecule has 0 aliphatic carbocycles. The van der Waals surface area contributed by atoms with E-state index in [2.05, 4.69) is 38.3 Å². The quantitative estimate of drug-likeness (QED) is 0.750. The summed E-state index contributed by atoms with van der Waals surface area (Å²) in [4.78, 5) is 26.2. The number of hydrogen-bond acceptors (Lipinski definition) is 4. The molecule has 27 heavy (non-hydrogen) atoms. The van der Waals surface area contributed by atoms with Crippen LogP contribution in [-0.2, 0) is 12.0 Å². The van der Waals surface area contributed by atoms with Gasteiger partial charge in [-0.25, -0.2) is 0 Å². The first kappa shape index (κ1) is 19.6. The van der Waals surface area contributed by atoms with Gasteiger partial charge in [0.2, 0.25) is 0 Å². The number of primary amides is 1. The van der Waals surface area contributed by atoms with Crippen LogP contribution in [0.3, 0.4) is 0 Å². The van der Waals surface area contributed by atoms with E-state index >= 15 is 0 Å². The highest BCUT2D eigenvalue weighted by molar-refractivity contribution is 7.17. The van der Waals surface area contributed by atoms with Crippen molar-refractivity contribution in [3.63, 3.8) is 0 Å². The van der Waals surface area contributed by atoms with Gasteiger partial charge in [0.15, 0.2) is 0 Å². The molecule has 1 aliphatic heterocycles. The van der Waals surface area contributed by atoms with Gasteiger partial charge in [0.1, 0.15) is 5.00 Å². The number of benzene rings is 1. The zero-order valence-electron chi connectivity index (χ0n) is 16.7. The molecule has 0 spiro atoms. The van der Waals surface area contributed by atoms with Crippen LogP contribution < -0.4 is 16.4 Å². The molecular weight excluding hydrogens is 358 g/mol. The molecule has 4 N–H and O–H groups in total. The fourth-order valence-electron chi connectivity index (χ4n) is 4.12. The standard InChI is InChI=1S/C21H27N3O2S/c1-11-7-8-13(12(2)9-11)18(26)23-19-15(17(22)25)14-10-20(3,4)24-21(5,6)16(14)27-19/h7-9,24H,10H2,1-6H3,(H2,22,25)(H,23,26). The third kappa shape index (κ3) is 3.64. The molecule has 0 unspecified atom stereocenters. The van der Waals surface area contributed by atoms with Crippen LogP contribution in [0.15, 0.2) is 18.2 Å². The van der Waals surface area contributed by atoms with Crippen molar-refractivity contribution in [3.05, 3.63) is 50.9 Å². The highest BCUT2D eigenvalue weighted by Crippen LogP contribution is 2.45. The number of carbonyl (C=O) groups is 2. The number of fused-ring (bicyclic) bond motifs is 1. The molecule has 1 aliphatic rings. The third-order valence-electron chi connectivity index (χ3n) is 4.94. The van der Waals surface area contributed by atoms with Gasteiger partial charge in [-0.2, -0.15) is 0 Å². The Morgan fingerprint density at radius 2 is 1.85 bits per heavy atom. The maximum absolute atomic E-state index is 12.9. The first-order valence-corrected chi connectivity index (χ1v) is 9.87. The van der Waals surface area contributed by atoms with Gasteiger partial charge in [0, 0.05) is 21.5 Å². The summed E-state index contributed by atoms with van der Waals surface area (Å²) >= 11 is 1.43. The maximum Gasteiger partial charge on any atom is 0.256 e. The van der Waals surface area contributed by atoms with Crippen LogP contribution in [0.5, 0.6) is 0 Å². The van der Waals surface area contributed by atoms with E-state index in [4.69, 9.17) is 5.73 Å². The summed E-state index contributed by atoms with van der Waals surface area (Å²) in [5.74, 6) is -0.726. The molecule has 0 bridgehead atoms. The van der Waals surface area contributed by atoms with E-state index in [1.165, 1.54) is 11.3 Å². The number of amides is 2.